The third kappa shape index (κ3) is 3.70. The van der Waals surface area contributed by atoms with Gasteiger partial charge in [-0.1, -0.05) is 6.58 Å². The maximum absolute atomic E-state index is 13.9. The van der Waals surface area contributed by atoms with Crippen molar-refractivity contribution in [3.05, 3.63) is 12.2 Å². The highest BCUT2D eigenvalue weighted by Gasteiger charge is 2.76. The number of hydrogen-bond donors (Lipinski definition) is 3. The largest absolute Gasteiger partial charge is 0.462 e. The van der Waals surface area contributed by atoms with Gasteiger partial charge in [0.1, 0.15) is 5.60 Å². The zero-order chi connectivity index (χ0) is 19.0. The number of rotatable bonds is 5. The number of halogens is 5. The number of carbonyl (C=O) groups excluding carboxylic acids is 1. The van der Waals surface area contributed by atoms with Gasteiger partial charge in [0.05, 0.1) is 6.61 Å². The van der Waals surface area contributed by atoms with Gasteiger partial charge in [0.2, 0.25) is 0 Å². The van der Waals surface area contributed by atoms with Crippen LogP contribution in [0.15, 0.2) is 12.2 Å². The Morgan fingerprint density at radius 3 is 2.04 bits per heavy atom. The van der Waals surface area contributed by atoms with E-state index < -0.39 is 48.2 Å². The number of ether oxygens (including phenoxy) is 1. The van der Waals surface area contributed by atoms with Crippen molar-refractivity contribution in [1.29, 1.82) is 0 Å². The number of hydrogen-bond acceptors (Lipinski definition) is 5. The summed E-state index contributed by atoms with van der Waals surface area (Å²) in [5.74, 6) is -11.7. The molecule has 0 unspecified atom stereocenters. The van der Waals surface area contributed by atoms with Crippen LogP contribution in [0.4, 0.5) is 22.0 Å². The lowest BCUT2D eigenvalue weighted by Gasteiger charge is -2.45. The fourth-order valence-corrected chi connectivity index (χ4v) is 2.45. The summed E-state index contributed by atoms with van der Waals surface area (Å²) in [7, 11) is 0. The van der Waals surface area contributed by atoms with Crippen LogP contribution < -0.4 is 0 Å². The minimum atomic E-state index is -6.04. The van der Waals surface area contributed by atoms with E-state index in [9.17, 15) is 31.9 Å². The van der Waals surface area contributed by atoms with Gasteiger partial charge in [-0.05, 0) is 38.5 Å². The van der Waals surface area contributed by atoms with Crippen molar-refractivity contribution in [1.82, 2.24) is 0 Å². The lowest BCUT2D eigenvalue weighted by Crippen LogP contribution is -2.69. The Morgan fingerprint density at radius 2 is 1.67 bits per heavy atom. The summed E-state index contributed by atoms with van der Waals surface area (Å²) in [5.41, 5.74) is -3.11. The van der Waals surface area contributed by atoms with Crippen molar-refractivity contribution in [3.63, 3.8) is 0 Å². The van der Waals surface area contributed by atoms with Crippen LogP contribution in [0.3, 0.4) is 0 Å². The molecule has 140 valence electrons. The van der Waals surface area contributed by atoms with Crippen LogP contribution in [0.25, 0.3) is 0 Å². The zero-order valence-electron chi connectivity index (χ0n) is 12.9. The monoisotopic (exact) mass is 362 g/mol. The van der Waals surface area contributed by atoms with E-state index in [4.69, 9.17) is 14.9 Å². The van der Waals surface area contributed by atoms with E-state index in [1.165, 1.54) is 6.92 Å². The zero-order valence-corrected chi connectivity index (χ0v) is 12.9. The third-order valence-corrected chi connectivity index (χ3v) is 4.15. The number of alkyl halides is 5. The van der Waals surface area contributed by atoms with Crippen molar-refractivity contribution in [2.75, 3.05) is 6.61 Å². The SMILES string of the molecule is C=C(C)C(=O)OCC1CCC(O)(C(F)(F)C(O)(O)C(F)(F)F)CC1. The molecule has 1 fully saturated rings. The molecule has 0 heterocycles. The molecule has 0 aromatic heterocycles. The highest BCUT2D eigenvalue weighted by molar-refractivity contribution is 5.86. The molecule has 5 nitrogen and oxygen atoms in total. The molecule has 0 aromatic rings. The Bertz CT molecular complexity index is 492. The van der Waals surface area contributed by atoms with Crippen LogP contribution in [0.1, 0.15) is 32.6 Å². The summed E-state index contributed by atoms with van der Waals surface area (Å²) < 4.78 is 70.1. The number of carbonyl (C=O) groups is 1. The molecule has 1 rings (SSSR count). The first kappa shape index (κ1) is 20.8. The number of esters is 1. The lowest BCUT2D eigenvalue weighted by molar-refractivity contribution is -0.444. The molecule has 10 heteroatoms. The third-order valence-electron chi connectivity index (χ3n) is 4.15. The summed E-state index contributed by atoms with van der Waals surface area (Å²) in [6.45, 7) is 4.60. The maximum Gasteiger partial charge on any atom is 0.449 e. The molecule has 0 aliphatic heterocycles. The molecule has 0 amide bonds. The van der Waals surface area contributed by atoms with Gasteiger partial charge in [-0.15, -0.1) is 0 Å². The molecule has 1 saturated carbocycles. The molecule has 1 aliphatic carbocycles. The van der Waals surface area contributed by atoms with Crippen molar-refractivity contribution < 1.29 is 46.8 Å². The first-order valence-electron chi connectivity index (χ1n) is 7.10. The van der Waals surface area contributed by atoms with Gasteiger partial charge >= 0.3 is 23.9 Å². The predicted molar refractivity (Wildman–Crippen MR) is 70.9 cm³/mol. The molecule has 1 aliphatic rings. The Morgan fingerprint density at radius 1 is 1.21 bits per heavy atom. The van der Waals surface area contributed by atoms with E-state index in [0.29, 0.717) is 0 Å². The second-order valence-electron chi connectivity index (χ2n) is 6.10. The Hall–Kier alpha value is -1.26. The minimum absolute atomic E-state index is 0.129. The lowest BCUT2D eigenvalue weighted by atomic mass is 9.73. The normalized spacial score (nSPS) is 26.1. The molecule has 0 saturated heterocycles. The number of aliphatic hydroxyl groups is 3. The van der Waals surface area contributed by atoms with Crippen LogP contribution in [0, 0.1) is 5.92 Å². The van der Waals surface area contributed by atoms with Gasteiger partial charge in [-0.3, -0.25) is 0 Å². The molecule has 0 atom stereocenters. The van der Waals surface area contributed by atoms with Crippen molar-refractivity contribution in [2.45, 2.75) is 56.1 Å². The van der Waals surface area contributed by atoms with Crippen molar-refractivity contribution in [3.8, 4) is 0 Å². The van der Waals surface area contributed by atoms with Crippen LogP contribution >= 0.6 is 0 Å². The standard InChI is InChI=1S/C14H19F5O5/c1-8(2)10(20)24-7-9-3-5-11(21,6-4-9)12(15,16)13(22,23)14(17,18)19/h9,21-23H,1,3-7H2,2H3. The van der Waals surface area contributed by atoms with E-state index in [-0.39, 0.29) is 25.0 Å². The highest BCUT2D eigenvalue weighted by atomic mass is 19.4. The van der Waals surface area contributed by atoms with E-state index in [0.717, 1.165) is 0 Å². The second kappa shape index (κ2) is 6.57. The Kier molecular flexibility index (Phi) is 5.69. The summed E-state index contributed by atoms with van der Waals surface area (Å²) >= 11 is 0. The molecule has 0 radical (unpaired) electrons. The van der Waals surface area contributed by atoms with Crippen molar-refractivity contribution >= 4 is 5.97 Å². The molecule has 0 bridgehead atoms. The van der Waals surface area contributed by atoms with Gasteiger partial charge in [0.15, 0.2) is 0 Å². The average Bonchev–Trinajstić information content (AvgIpc) is 2.44. The van der Waals surface area contributed by atoms with E-state index in [1.807, 2.05) is 0 Å². The molecule has 0 aromatic carbocycles. The molecular formula is C14H19F5O5. The van der Waals surface area contributed by atoms with Crippen LogP contribution in [0.2, 0.25) is 0 Å². The first-order chi connectivity index (χ1) is 10.7. The Labute approximate surface area is 134 Å². The fourth-order valence-electron chi connectivity index (χ4n) is 2.45. The molecule has 24 heavy (non-hydrogen) atoms. The van der Waals surface area contributed by atoms with Gasteiger partial charge in [0, 0.05) is 5.57 Å². The second-order valence-corrected chi connectivity index (χ2v) is 6.10. The van der Waals surface area contributed by atoms with E-state index >= 15 is 0 Å². The minimum Gasteiger partial charge on any atom is -0.462 e. The average molecular weight is 362 g/mol. The first-order valence-corrected chi connectivity index (χ1v) is 7.10. The van der Waals surface area contributed by atoms with Crippen LogP contribution in [0.5, 0.6) is 0 Å². The Balaban J connectivity index is 2.77. The van der Waals surface area contributed by atoms with Crippen LogP contribution in [-0.2, 0) is 9.53 Å². The summed E-state index contributed by atoms with van der Waals surface area (Å²) in [6, 6.07) is 0. The summed E-state index contributed by atoms with van der Waals surface area (Å²) in [4.78, 5) is 11.2. The molecule has 0 spiro atoms. The van der Waals surface area contributed by atoms with E-state index in [1.54, 1.807) is 0 Å². The van der Waals surface area contributed by atoms with E-state index in [2.05, 4.69) is 6.58 Å². The smallest absolute Gasteiger partial charge is 0.449 e. The van der Waals surface area contributed by atoms with Gasteiger partial charge in [-0.25, -0.2) is 4.79 Å². The molecule has 3 N–H and O–H groups in total. The van der Waals surface area contributed by atoms with Gasteiger partial charge in [-0.2, -0.15) is 22.0 Å². The molecular weight excluding hydrogens is 343 g/mol. The quantitative estimate of drug-likeness (QED) is 0.301. The topological polar surface area (TPSA) is 87.0 Å². The summed E-state index contributed by atoms with van der Waals surface area (Å²) in [6.07, 6.45) is -8.02. The van der Waals surface area contributed by atoms with Gasteiger partial charge in [0.25, 0.3) is 0 Å². The predicted octanol–water partition coefficient (Wildman–Crippen LogP) is 1.91. The van der Waals surface area contributed by atoms with Crippen molar-refractivity contribution in [2.24, 2.45) is 5.92 Å². The van der Waals surface area contributed by atoms with Crippen LogP contribution in [-0.4, -0.2) is 51.4 Å². The summed E-state index contributed by atoms with van der Waals surface area (Å²) in [5, 5.41) is 27.6. The fraction of sp³-hybridized carbons (Fsp3) is 0.786. The van der Waals surface area contributed by atoms with Gasteiger partial charge < -0.3 is 20.1 Å². The maximum atomic E-state index is 13.9. The highest BCUT2D eigenvalue weighted by Crippen LogP contribution is 2.51.